The Hall–Kier alpha value is -3.36. The van der Waals surface area contributed by atoms with Gasteiger partial charge >= 0.3 is 0 Å². The maximum Gasteiger partial charge on any atom is 0.294 e. The van der Waals surface area contributed by atoms with Crippen molar-refractivity contribution in [2.75, 3.05) is 58.0 Å². The number of rotatable bonds is 18. The van der Waals surface area contributed by atoms with Crippen molar-refractivity contribution in [1.82, 2.24) is 4.90 Å². The molecule has 0 bridgehead atoms. The molecule has 0 aromatic heterocycles. The normalized spacial score (nSPS) is 23.5. The van der Waals surface area contributed by atoms with Gasteiger partial charge in [-0.15, -0.1) is 10.1 Å². The van der Waals surface area contributed by atoms with Crippen LogP contribution in [-0.4, -0.2) is 105 Å². The van der Waals surface area contributed by atoms with Gasteiger partial charge in [0.15, 0.2) is 0 Å². The molecule has 13 nitrogen and oxygen atoms in total. The molecule has 1 saturated heterocycles. The van der Waals surface area contributed by atoms with E-state index in [2.05, 4.69) is 15.8 Å². The molecule has 3 unspecified atom stereocenters. The number of amides is 1. The van der Waals surface area contributed by atoms with Crippen molar-refractivity contribution >= 4 is 23.2 Å². The molecule has 1 amide bonds. The highest BCUT2D eigenvalue weighted by molar-refractivity contribution is 6.30. The molecule has 2 fully saturated rings. The van der Waals surface area contributed by atoms with Crippen molar-refractivity contribution in [2.45, 2.75) is 94.9 Å². The number of fused-ring (bicyclic) bond motifs is 1. The molecule has 0 spiro atoms. The minimum absolute atomic E-state index is 0.00739. The summed E-state index contributed by atoms with van der Waals surface area (Å²) in [6.45, 7) is 3.67. The summed E-state index contributed by atoms with van der Waals surface area (Å²) in [4.78, 5) is 31.9. The van der Waals surface area contributed by atoms with Crippen molar-refractivity contribution in [2.24, 2.45) is 0 Å². The predicted octanol–water partition coefficient (Wildman–Crippen LogP) is 5.21. The first kappa shape index (κ1) is 37.9. The quantitative estimate of drug-likeness (QED) is 0.123. The van der Waals surface area contributed by atoms with Gasteiger partial charge in [0.25, 0.3) is 5.09 Å². The molecule has 2 aliphatic heterocycles. The summed E-state index contributed by atoms with van der Waals surface area (Å²) >= 11 is 6.02. The molecule has 2 heterocycles. The first-order valence-electron chi connectivity index (χ1n) is 17.7. The Morgan fingerprint density at radius 1 is 1.02 bits per heavy atom. The molecule has 1 N–H and O–H groups in total. The van der Waals surface area contributed by atoms with Gasteiger partial charge in [0.1, 0.15) is 36.4 Å². The van der Waals surface area contributed by atoms with E-state index in [4.69, 9.17) is 35.3 Å². The smallest absolute Gasteiger partial charge is 0.294 e. The van der Waals surface area contributed by atoms with Gasteiger partial charge in [-0.2, -0.15) is 0 Å². The zero-order valence-electron chi connectivity index (χ0n) is 28.8. The van der Waals surface area contributed by atoms with E-state index in [1.54, 1.807) is 12.0 Å². The lowest BCUT2D eigenvalue weighted by molar-refractivity contribution is -0.757. The van der Waals surface area contributed by atoms with Crippen LogP contribution in [0.1, 0.15) is 63.4 Å². The maximum atomic E-state index is 13.2. The van der Waals surface area contributed by atoms with Crippen LogP contribution < -0.4 is 14.4 Å². The lowest BCUT2D eigenvalue weighted by Gasteiger charge is -2.43. The Kier molecular flexibility index (Phi) is 14.6. The van der Waals surface area contributed by atoms with Crippen LogP contribution in [0.25, 0.3) is 0 Å². The van der Waals surface area contributed by atoms with E-state index in [-0.39, 0.29) is 50.8 Å². The Morgan fingerprint density at radius 3 is 2.56 bits per heavy atom. The number of hydrogen-bond acceptors (Lipinski definition) is 11. The molecule has 0 radical (unpaired) electrons. The number of nitrogens with zero attached hydrogens (tertiary/aromatic N) is 3. The van der Waals surface area contributed by atoms with E-state index >= 15 is 0 Å². The van der Waals surface area contributed by atoms with Crippen LogP contribution in [0.2, 0.25) is 5.02 Å². The second-order valence-corrected chi connectivity index (χ2v) is 13.6. The number of ether oxygens (including phenoxy) is 5. The summed E-state index contributed by atoms with van der Waals surface area (Å²) in [6, 6.07) is 13.4. The van der Waals surface area contributed by atoms with Crippen LogP contribution in [0.4, 0.5) is 5.69 Å². The molecule has 5 rings (SSSR count). The second kappa shape index (κ2) is 19.3. The van der Waals surface area contributed by atoms with Gasteiger partial charge in [-0.3, -0.25) is 4.79 Å². The first-order valence-corrected chi connectivity index (χ1v) is 18.1. The number of carbonyl (C=O) groups excluding carboxylic acids is 1. The minimum atomic E-state index is -0.928. The van der Waals surface area contributed by atoms with E-state index in [0.717, 1.165) is 67.9 Å². The molecular weight excluding hydrogens is 670 g/mol. The lowest BCUT2D eigenvalue weighted by atomic mass is 9.93. The third kappa shape index (κ3) is 11.3. The number of hydrogen-bond donors (Lipinski definition) is 1. The van der Waals surface area contributed by atoms with Crippen molar-refractivity contribution in [3.8, 4) is 11.5 Å². The van der Waals surface area contributed by atoms with Crippen LogP contribution >= 0.6 is 11.6 Å². The number of benzene rings is 2. The molecule has 1 saturated carbocycles. The Bertz CT molecular complexity index is 1360. The monoisotopic (exact) mass is 719 g/mol. The number of anilines is 1. The van der Waals surface area contributed by atoms with Gasteiger partial charge in [-0.05, 0) is 86.9 Å². The zero-order valence-corrected chi connectivity index (χ0v) is 29.5. The van der Waals surface area contributed by atoms with Crippen LogP contribution in [-0.2, 0) is 30.4 Å². The van der Waals surface area contributed by atoms with Gasteiger partial charge in [-0.1, -0.05) is 24.1 Å². The Balaban J connectivity index is 1.20. The van der Waals surface area contributed by atoms with Crippen LogP contribution in [0, 0.1) is 10.1 Å². The molecule has 14 heteroatoms. The highest BCUT2D eigenvalue weighted by Crippen LogP contribution is 2.34. The number of piperidine rings is 1. The summed E-state index contributed by atoms with van der Waals surface area (Å²) in [7, 11) is 1.71. The van der Waals surface area contributed by atoms with Gasteiger partial charge < -0.3 is 43.4 Å². The summed E-state index contributed by atoms with van der Waals surface area (Å²) < 4.78 is 30.4. The topological polar surface area (TPSA) is 142 Å². The SMILES string of the molecule is COCCCN1CCOc2ccc(COC3CN(C(=O)CCCCCO[N+](=O)[O-])CC(O)C3OC3CCC(Oc4ccc(Cl)cc4)CC3)cc21. The number of halogens is 1. The summed E-state index contributed by atoms with van der Waals surface area (Å²) in [5, 5.41) is 21.6. The molecule has 2 aromatic carbocycles. The van der Waals surface area contributed by atoms with Crippen LogP contribution in [0.15, 0.2) is 42.5 Å². The Morgan fingerprint density at radius 2 is 1.80 bits per heavy atom. The van der Waals surface area contributed by atoms with E-state index in [1.165, 1.54) is 0 Å². The van der Waals surface area contributed by atoms with Crippen molar-refractivity contribution in [3.05, 3.63) is 63.2 Å². The van der Waals surface area contributed by atoms with Gasteiger partial charge in [0.05, 0.1) is 37.7 Å². The number of aliphatic hydroxyl groups is 1. The number of unbranched alkanes of at least 4 members (excludes halogenated alkanes) is 2. The largest absolute Gasteiger partial charge is 0.490 e. The second-order valence-electron chi connectivity index (χ2n) is 13.1. The molecule has 3 aliphatic rings. The van der Waals surface area contributed by atoms with E-state index in [9.17, 15) is 20.0 Å². The lowest BCUT2D eigenvalue weighted by Crippen LogP contribution is -2.59. The average molecular weight is 720 g/mol. The zero-order chi connectivity index (χ0) is 35.3. The van der Waals surface area contributed by atoms with Gasteiger partial charge in [0, 0.05) is 44.8 Å². The van der Waals surface area contributed by atoms with Crippen LogP contribution in [0.5, 0.6) is 11.5 Å². The molecule has 1 aliphatic carbocycles. The molecule has 3 atom stereocenters. The van der Waals surface area contributed by atoms with E-state index < -0.39 is 23.4 Å². The summed E-state index contributed by atoms with van der Waals surface area (Å²) in [5.41, 5.74) is 1.97. The van der Waals surface area contributed by atoms with Gasteiger partial charge in [-0.25, -0.2) is 0 Å². The first-order chi connectivity index (χ1) is 24.3. The third-order valence-corrected chi connectivity index (χ3v) is 9.70. The highest BCUT2D eigenvalue weighted by atomic mass is 35.5. The summed E-state index contributed by atoms with van der Waals surface area (Å²) in [6.07, 6.45) is 3.95. The molecular formula is C36H50ClN3O10. The van der Waals surface area contributed by atoms with Crippen molar-refractivity contribution in [1.29, 1.82) is 0 Å². The molecule has 50 heavy (non-hydrogen) atoms. The standard InChI is InChI=1S/C36H50ClN3O10/c1-45-19-5-17-38-18-21-46-33-16-7-26(22-31(33)38)25-47-34-24-39(35(42)6-3-2-4-20-48-40(43)44)23-32(41)36(34)50-30-14-12-29(13-15-30)49-28-10-8-27(37)9-11-28/h7-11,16,22,29-30,32,34,36,41H,2-6,12-15,17-21,23-25H2,1H3. The average Bonchev–Trinajstić information content (AvgIpc) is 3.11. The van der Waals surface area contributed by atoms with Crippen molar-refractivity contribution < 1.29 is 43.5 Å². The minimum Gasteiger partial charge on any atom is -0.490 e. The van der Waals surface area contributed by atoms with Crippen LogP contribution in [0.3, 0.4) is 0 Å². The number of aliphatic hydroxyl groups excluding tert-OH is 1. The fraction of sp³-hybridized carbons (Fsp3) is 0.639. The van der Waals surface area contributed by atoms with E-state index in [1.807, 2.05) is 36.4 Å². The maximum absolute atomic E-state index is 13.2. The fourth-order valence-corrected chi connectivity index (χ4v) is 6.94. The number of carbonyl (C=O) groups is 1. The highest BCUT2D eigenvalue weighted by Gasteiger charge is 2.41. The summed E-state index contributed by atoms with van der Waals surface area (Å²) in [5.74, 6) is 1.53. The van der Waals surface area contributed by atoms with Crippen molar-refractivity contribution in [3.63, 3.8) is 0 Å². The molecule has 276 valence electrons. The molecule has 2 aromatic rings. The Labute approximate surface area is 298 Å². The number of β-amino-alcohol motifs (C(OH)–C–C–N with tert-alkyl or cyclic N) is 1. The fourth-order valence-electron chi connectivity index (χ4n) is 6.81. The van der Waals surface area contributed by atoms with Gasteiger partial charge in [0.2, 0.25) is 5.91 Å². The predicted molar refractivity (Wildman–Crippen MR) is 186 cm³/mol. The number of likely N-dealkylation sites (tertiary alicyclic amines) is 1. The third-order valence-electron chi connectivity index (χ3n) is 9.45. The number of methoxy groups -OCH3 is 1. The van der Waals surface area contributed by atoms with E-state index in [0.29, 0.717) is 37.5 Å².